The molecule has 9 heteroatoms. The first-order valence-electron chi connectivity index (χ1n) is 7.27. The maximum atomic E-state index is 12.7. The van der Waals surface area contributed by atoms with Gasteiger partial charge in [-0.15, -0.1) is 5.10 Å². The van der Waals surface area contributed by atoms with Gasteiger partial charge < -0.3 is 14.5 Å². The van der Waals surface area contributed by atoms with Crippen molar-refractivity contribution in [1.82, 2.24) is 34.8 Å². The van der Waals surface area contributed by atoms with E-state index in [-0.39, 0.29) is 23.7 Å². The number of hydrogen-bond acceptors (Lipinski definition) is 7. The molecule has 3 rings (SSSR count). The van der Waals surface area contributed by atoms with Crippen molar-refractivity contribution in [3.8, 4) is 5.88 Å². The quantitative estimate of drug-likeness (QED) is 0.765. The molecule has 23 heavy (non-hydrogen) atoms. The average Bonchev–Trinajstić information content (AvgIpc) is 3.23. The molecule has 0 N–H and O–H groups in total. The molecular weight excluding hydrogens is 298 g/mol. The average molecular weight is 317 g/mol. The summed E-state index contributed by atoms with van der Waals surface area (Å²) in [6.45, 7) is 1.14. The van der Waals surface area contributed by atoms with Crippen LogP contribution in [0, 0.1) is 0 Å². The van der Waals surface area contributed by atoms with Crippen molar-refractivity contribution in [2.45, 2.75) is 12.1 Å². The van der Waals surface area contributed by atoms with Crippen LogP contribution in [0.3, 0.4) is 0 Å². The maximum Gasteiger partial charge on any atom is 0.274 e. The number of nitrogens with zero attached hydrogens (tertiary/aromatic N) is 7. The lowest BCUT2D eigenvalue weighted by Crippen LogP contribution is -2.37. The van der Waals surface area contributed by atoms with E-state index in [0.29, 0.717) is 19.0 Å². The predicted octanol–water partition coefficient (Wildman–Crippen LogP) is -0.296. The zero-order valence-electron chi connectivity index (χ0n) is 13.3. The van der Waals surface area contributed by atoms with Gasteiger partial charge in [0.1, 0.15) is 0 Å². The van der Waals surface area contributed by atoms with E-state index < -0.39 is 0 Å². The number of ether oxygens (including phenoxy) is 1. The highest BCUT2D eigenvalue weighted by molar-refractivity contribution is 5.92. The van der Waals surface area contributed by atoms with Gasteiger partial charge in [0.25, 0.3) is 5.91 Å². The summed E-state index contributed by atoms with van der Waals surface area (Å²) < 4.78 is 6.83. The minimum absolute atomic E-state index is 0.0509. The van der Waals surface area contributed by atoms with E-state index in [0.717, 1.165) is 0 Å². The molecule has 2 atom stereocenters. The summed E-state index contributed by atoms with van der Waals surface area (Å²) in [6, 6.07) is 0.203. The van der Waals surface area contributed by atoms with E-state index in [4.69, 9.17) is 4.74 Å². The molecular formula is C14H19N7O2. The van der Waals surface area contributed by atoms with Gasteiger partial charge in [-0.25, -0.2) is 9.67 Å². The molecule has 0 bridgehead atoms. The van der Waals surface area contributed by atoms with Crippen LogP contribution in [0.2, 0.25) is 0 Å². The van der Waals surface area contributed by atoms with Crippen LogP contribution in [0.25, 0.3) is 0 Å². The van der Waals surface area contributed by atoms with E-state index in [1.807, 2.05) is 20.3 Å². The van der Waals surface area contributed by atoms with Crippen molar-refractivity contribution >= 4 is 5.91 Å². The molecule has 0 aromatic carbocycles. The molecule has 0 radical (unpaired) electrons. The Bertz CT molecular complexity index is 674. The molecule has 1 fully saturated rings. The molecule has 1 aliphatic heterocycles. The molecule has 0 saturated carbocycles. The standard InChI is InChI=1S/C14H19N7O2/c1-19(2)11-8-20(9-12(11)21-5-4-16-18-21)14(22)10-6-15-7-13(17-10)23-3/h4-7,11-12H,8-9H2,1-3H3/t11-,12+/m1/s1. The van der Waals surface area contributed by atoms with Gasteiger partial charge in [0.15, 0.2) is 5.69 Å². The molecule has 1 saturated heterocycles. The molecule has 9 nitrogen and oxygen atoms in total. The summed E-state index contributed by atoms with van der Waals surface area (Å²) in [5, 5.41) is 7.94. The molecule has 0 aliphatic carbocycles. The number of likely N-dealkylation sites (N-methyl/N-ethyl adjacent to an activating group) is 1. The fourth-order valence-corrected chi connectivity index (χ4v) is 2.81. The number of methoxy groups -OCH3 is 1. The monoisotopic (exact) mass is 317 g/mol. The third kappa shape index (κ3) is 3.00. The first-order valence-corrected chi connectivity index (χ1v) is 7.27. The molecule has 0 unspecified atom stereocenters. The second kappa shape index (κ2) is 6.29. The van der Waals surface area contributed by atoms with Crippen LogP contribution < -0.4 is 4.74 Å². The zero-order chi connectivity index (χ0) is 16.4. The van der Waals surface area contributed by atoms with Crippen LogP contribution in [-0.4, -0.2) is 81.0 Å². The van der Waals surface area contributed by atoms with Gasteiger partial charge >= 0.3 is 0 Å². The summed E-state index contributed by atoms with van der Waals surface area (Å²) in [4.78, 5) is 24.7. The second-order valence-electron chi connectivity index (χ2n) is 5.64. The number of carbonyl (C=O) groups excluding carboxylic acids is 1. The number of rotatable bonds is 4. The Kier molecular flexibility index (Phi) is 4.20. The summed E-state index contributed by atoms with van der Waals surface area (Å²) >= 11 is 0. The molecule has 122 valence electrons. The summed E-state index contributed by atoms with van der Waals surface area (Å²) in [7, 11) is 5.48. The van der Waals surface area contributed by atoms with E-state index in [1.54, 1.807) is 15.8 Å². The lowest BCUT2D eigenvalue weighted by molar-refractivity contribution is 0.0773. The Morgan fingerprint density at radius 1 is 1.35 bits per heavy atom. The van der Waals surface area contributed by atoms with Crippen LogP contribution in [0.5, 0.6) is 5.88 Å². The summed E-state index contributed by atoms with van der Waals surface area (Å²) in [5.74, 6) is 0.165. The van der Waals surface area contributed by atoms with Crippen LogP contribution in [0.15, 0.2) is 24.8 Å². The number of likely N-dealkylation sites (tertiary alicyclic amines) is 1. The highest BCUT2D eigenvalue weighted by Crippen LogP contribution is 2.25. The Morgan fingerprint density at radius 3 is 2.83 bits per heavy atom. The number of carbonyl (C=O) groups is 1. The van der Waals surface area contributed by atoms with E-state index >= 15 is 0 Å². The normalized spacial score (nSPS) is 21.0. The van der Waals surface area contributed by atoms with Gasteiger partial charge in [0.2, 0.25) is 5.88 Å². The van der Waals surface area contributed by atoms with E-state index in [9.17, 15) is 4.79 Å². The molecule has 1 amide bonds. The minimum atomic E-state index is -0.161. The van der Waals surface area contributed by atoms with Crippen LogP contribution in [0.1, 0.15) is 16.5 Å². The van der Waals surface area contributed by atoms with Crippen LogP contribution in [-0.2, 0) is 0 Å². The first-order chi connectivity index (χ1) is 11.1. The predicted molar refractivity (Wildman–Crippen MR) is 81.0 cm³/mol. The molecule has 2 aromatic heterocycles. The lowest BCUT2D eigenvalue weighted by Gasteiger charge is -2.24. The van der Waals surface area contributed by atoms with Gasteiger partial charge in [-0.2, -0.15) is 0 Å². The van der Waals surface area contributed by atoms with Gasteiger partial charge in [-0.05, 0) is 14.1 Å². The Labute approximate surface area is 133 Å². The van der Waals surface area contributed by atoms with E-state index in [1.165, 1.54) is 19.5 Å². The third-order valence-corrected chi connectivity index (χ3v) is 4.03. The molecule has 0 spiro atoms. The highest BCUT2D eigenvalue weighted by Gasteiger charge is 2.38. The summed E-state index contributed by atoms with van der Waals surface area (Å²) in [6.07, 6.45) is 6.39. The lowest BCUT2D eigenvalue weighted by atomic mass is 10.1. The summed E-state index contributed by atoms with van der Waals surface area (Å²) in [5.41, 5.74) is 0.279. The van der Waals surface area contributed by atoms with Crippen molar-refractivity contribution in [1.29, 1.82) is 0 Å². The fraction of sp³-hybridized carbons (Fsp3) is 0.500. The van der Waals surface area contributed by atoms with Gasteiger partial charge in [0, 0.05) is 19.3 Å². The second-order valence-corrected chi connectivity index (χ2v) is 5.64. The Morgan fingerprint density at radius 2 is 2.17 bits per heavy atom. The van der Waals surface area contributed by atoms with Gasteiger partial charge in [0.05, 0.1) is 37.8 Å². The van der Waals surface area contributed by atoms with Gasteiger partial charge in [-0.1, -0.05) is 5.21 Å². The van der Waals surface area contributed by atoms with Crippen molar-refractivity contribution in [2.24, 2.45) is 0 Å². The number of hydrogen-bond donors (Lipinski definition) is 0. The topological polar surface area (TPSA) is 89.3 Å². The Balaban J connectivity index is 1.82. The Hall–Kier alpha value is -2.55. The molecule has 3 heterocycles. The zero-order valence-corrected chi connectivity index (χ0v) is 13.3. The maximum absolute atomic E-state index is 12.7. The van der Waals surface area contributed by atoms with E-state index in [2.05, 4.69) is 25.2 Å². The van der Waals surface area contributed by atoms with Crippen molar-refractivity contribution < 1.29 is 9.53 Å². The molecule has 2 aromatic rings. The first kappa shape index (κ1) is 15.3. The van der Waals surface area contributed by atoms with Crippen LogP contribution >= 0.6 is 0 Å². The largest absolute Gasteiger partial charge is 0.480 e. The van der Waals surface area contributed by atoms with Crippen molar-refractivity contribution in [2.75, 3.05) is 34.3 Å². The number of amides is 1. The smallest absolute Gasteiger partial charge is 0.274 e. The molecule has 1 aliphatic rings. The highest BCUT2D eigenvalue weighted by atomic mass is 16.5. The van der Waals surface area contributed by atoms with Crippen molar-refractivity contribution in [3.63, 3.8) is 0 Å². The number of aromatic nitrogens is 5. The SMILES string of the molecule is COc1cncc(C(=O)N2C[C@@H](N(C)C)[C@@H](n3ccnn3)C2)n1. The van der Waals surface area contributed by atoms with Crippen molar-refractivity contribution in [3.05, 3.63) is 30.5 Å². The van der Waals surface area contributed by atoms with Gasteiger partial charge in [-0.3, -0.25) is 9.78 Å². The minimum Gasteiger partial charge on any atom is -0.480 e. The third-order valence-electron chi connectivity index (χ3n) is 4.03. The van der Waals surface area contributed by atoms with Crippen LogP contribution in [0.4, 0.5) is 0 Å². The fourth-order valence-electron chi connectivity index (χ4n) is 2.81.